The smallest absolute Gasteiger partial charge is 0.127 e. The Hall–Kier alpha value is -0.450. The summed E-state index contributed by atoms with van der Waals surface area (Å²) < 4.78 is 14.3. The van der Waals surface area contributed by atoms with E-state index in [4.69, 9.17) is 5.84 Å². The molecule has 2 nitrogen and oxygen atoms in total. The van der Waals surface area contributed by atoms with Crippen LogP contribution in [0.5, 0.6) is 0 Å². The molecule has 0 saturated carbocycles. The summed E-state index contributed by atoms with van der Waals surface area (Å²) in [5.74, 6) is 5.83. The van der Waals surface area contributed by atoms with Crippen molar-refractivity contribution in [3.63, 3.8) is 0 Å². The molecule has 90 valence electrons. The standard InChI is InChI=1S/C12H18BrFN2/c1-8(2)5-11(16-15)6-9-3-4-10(13)7-12(9)14/h3-4,7-8,11,16H,5-6,15H2,1-2H3. The van der Waals surface area contributed by atoms with E-state index in [1.165, 1.54) is 6.07 Å². The molecule has 4 heteroatoms. The first kappa shape index (κ1) is 13.6. The molecule has 0 aliphatic rings. The number of hydrogen-bond acceptors (Lipinski definition) is 2. The highest BCUT2D eigenvalue weighted by atomic mass is 79.9. The predicted octanol–water partition coefficient (Wildman–Crippen LogP) is 3.01. The van der Waals surface area contributed by atoms with E-state index in [2.05, 4.69) is 35.2 Å². The van der Waals surface area contributed by atoms with E-state index < -0.39 is 0 Å². The number of benzene rings is 1. The fourth-order valence-corrected chi connectivity index (χ4v) is 2.07. The Labute approximate surface area is 105 Å². The molecule has 0 aliphatic carbocycles. The molecule has 0 bridgehead atoms. The maximum Gasteiger partial charge on any atom is 0.127 e. The van der Waals surface area contributed by atoms with Crippen molar-refractivity contribution in [3.05, 3.63) is 34.1 Å². The van der Waals surface area contributed by atoms with Crippen LogP contribution in [0.25, 0.3) is 0 Å². The van der Waals surface area contributed by atoms with Crippen LogP contribution in [-0.2, 0) is 6.42 Å². The Morgan fingerprint density at radius 1 is 1.44 bits per heavy atom. The molecule has 0 spiro atoms. The van der Waals surface area contributed by atoms with Gasteiger partial charge < -0.3 is 0 Å². The lowest BCUT2D eigenvalue weighted by Gasteiger charge is -2.18. The van der Waals surface area contributed by atoms with Crippen LogP contribution in [0.15, 0.2) is 22.7 Å². The number of hydrogen-bond donors (Lipinski definition) is 2. The van der Waals surface area contributed by atoms with Crippen molar-refractivity contribution in [2.24, 2.45) is 11.8 Å². The van der Waals surface area contributed by atoms with Crippen LogP contribution < -0.4 is 11.3 Å². The maximum atomic E-state index is 13.6. The summed E-state index contributed by atoms with van der Waals surface area (Å²) in [6.45, 7) is 4.25. The van der Waals surface area contributed by atoms with E-state index in [1.54, 1.807) is 6.07 Å². The van der Waals surface area contributed by atoms with Crippen LogP contribution in [0.4, 0.5) is 4.39 Å². The molecular weight excluding hydrogens is 271 g/mol. The molecule has 1 unspecified atom stereocenters. The average molecular weight is 289 g/mol. The SMILES string of the molecule is CC(C)CC(Cc1ccc(Br)cc1F)NN. The first-order valence-corrected chi connectivity index (χ1v) is 6.22. The van der Waals surface area contributed by atoms with Crippen molar-refractivity contribution in [2.75, 3.05) is 0 Å². The lowest BCUT2D eigenvalue weighted by molar-refractivity contribution is 0.418. The zero-order chi connectivity index (χ0) is 12.1. The van der Waals surface area contributed by atoms with Gasteiger partial charge in [-0.15, -0.1) is 0 Å². The molecule has 0 heterocycles. The largest absolute Gasteiger partial charge is 0.271 e. The van der Waals surface area contributed by atoms with Gasteiger partial charge in [0.15, 0.2) is 0 Å². The molecule has 0 radical (unpaired) electrons. The van der Waals surface area contributed by atoms with E-state index >= 15 is 0 Å². The summed E-state index contributed by atoms with van der Waals surface area (Å²) in [7, 11) is 0. The Balaban J connectivity index is 2.70. The number of hydrazine groups is 1. The normalized spacial score (nSPS) is 13.1. The predicted molar refractivity (Wildman–Crippen MR) is 68.4 cm³/mol. The Bertz CT molecular complexity index is 342. The molecular formula is C12H18BrFN2. The van der Waals surface area contributed by atoms with Gasteiger partial charge in [-0.3, -0.25) is 11.3 Å². The van der Waals surface area contributed by atoms with Gasteiger partial charge in [0.2, 0.25) is 0 Å². The zero-order valence-corrected chi connectivity index (χ0v) is 11.2. The van der Waals surface area contributed by atoms with Crippen molar-refractivity contribution < 1.29 is 4.39 Å². The molecule has 0 fully saturated rings. The fourth-order valence-electron chi connectivity index (χ4n) is 1.73. The second kappa shape index (κ2) is 6.33. The minimum absolute atomic E-state index is 0.121. The van der Waals surface area contributed by atoms with Gasteiger partial charge in [0.1, 0.15) is 5.82 Å². The number of rotatable bonds is 5. The van der Waals surface area contributed by atoms with Gasteiger partial charge in [0.25, 0.3) is 0 Å². The second-order valence-corrected chi connectivity index (χ2v) is 5.35. The third kappa shape index (κ3) is 4.20. The molecule has 1 rings (SSSR count). The Morgan fingerprint density at radius 3 is 2.62 bits per heavy atom. The lowest BCUT2D eigenvalue weighted by Crippen LogP contribution is -2.37. The first-order valence-electron chi connectivity index (χ1n) is 5.43. The van der Waals surface area contributed by atoms with Gasteiger partial charge >= 0.3 is 0 Å². The summed E-state index contributed by atoms with van der Waals surface area (Å²) >= 11 is 3.24. The number of halogens is 2. The lowest BCUT2D eigenvalue weighted by atomic mass is 9.97. The summed E-state index contributed by atoms with van der Waals surface area (Å²) in [6, 6.07) is 5.25. The average Bonchev–Trinajstić information content (AvgIpc) is 2.20. The number of nitrogens with one attached hydrogen (secondary N) is 1. The van der Waals surface area contributed by atoms with Crippen molar-refractivity contribution in [1.82, 2.24) is 5.43 Å². The van der Waals surface area contributed by atoms with Crippen LogP contribution >= 0.6 is 15.9 Å². The minimum atomic E-state index is -0.182. The van der Waals surface area contributed by atoms with Crippen molar-refractivity contribution in [3.8, 4) is 0 Å². The molecule has 0 amide bonds. The Morgan fingerprint density at radius 2 is 2.12 bits per heavy atom. The first-order chi connectivity index (χ1) is 7.52. The van der Waals surface area contributed by atoms with Gasteiger partial charge in [0, 0.05) is 10.5 Å². The highest BCUT2D eigenvalue weighted by molar-refractivity contribution is 9.10. The maximum absolute atomic E-state index is 13.6. The van der Waals surface area contributed by atoms with Gasteiger partial charge in [-0.05, 0) is 36.5 Å². The van der Waals surface area contributed by atoms with Crippen LogP contribution in [0.3, 0.4) is 0 Å². The van der Waals surface area contributed by atoms with Gasteiger partial charge in [-0.1, -0.05) is 35.8 Å². The quantitative estimate of drug-likeness (QED) is 0.646. The van der Waals surface area contributed by atoms with Crippen molar-refractivity contribution >= 4 is 15.9 Å². The van der Waals surface area contributed by atoms with E-state index in [-0.39, 0.29) is 11.9 Å². The van der Waals surface area contributed by atoms with E-state index in [9.17, 15) is 4.39 Å². The fraction of sp³-hybridized carbons (Fsp3) is 0.500. The summed E-state index contributed by atoms with van der Waals surface area (Å²) in [5.41, 5.74) is 3.45. The molecule has 16 heavy (non-hydrogen) atoms. The molecule has 1 aromatic rings. The van der Waals surface area contributed by atoms with Crippen LogP contribution in [0, 0.1) is 11.7 Å². The third-order valence-electron chi connectivity index (χ3n) is 2.47. The van der Waals surface area contributed by atoms with E-state index in [0.29, 0.717) is 17.9 Å². The summed E-state index contributed by atoms with van der Waals surface area (Å²) in [6.07, 6.45) is 1.56. The molecule has 0 aromatic heterocycles. The molecule has 0 aliphatic heterocycles. The van der Waals surface area contributed by atoms with E-state index in [0.717, 1.165) is 10.9 Å². The van der Waals surface area contributed by atoms with Crippen LogP contribution in [-0.4, -0.2) is 6.04 Å². The highest BCUT2D eigenvalue weighted by Crippen LogP contribution is 2.18. The minimum Gasteiger partial charge on any atom is -0.271 e. The van der Waals surface area contributed by atoms with Crippen molar-refractivity contribution in [1.29, 1.82) is 0 Å². The van der Waals surface area contributed by atoms with Gasteiger partial charge in [-0.2, -0.15) is 0 Å². The van der Waals surface area contributed by atoms with E-state index in [1.807, 2.05) is 6.07 Å². The molecule has 1 aromatic carbocycles. The van der Waals surface area contributed by atoms with Crippen LogP contribution in [0.1, 0.15) is 25.8 Å². The number of nitrogens with two attached hydrogens (primary N) is 1. The topological polar surface area (TPSA) is 38.0 Å². The zero-order valence-electron chi connectivity index (χ0n) is 9.63. The van der Waals surface area contributed by atoms with Crippen molar-refractivity contribution in [2.45, 2.75) is 32.7 Å². The Kier molecular flexibility index (Phi) is 5.38. The molecule has 0 saturated heterocycles. The summed E-state index contributed by atoms with van der Waals surface area (Å²) in [4.78, 5) is 0. The second-order valence-electron chi connectivity index (χ2n) is 4.43. The highest BCUT2D eigenvalue weighted by Gasteiger charge is 2.12. The summed E-state index contributed by atoms with van der Waals surface area (Å²) in [5, 5.41) is 0. The van der Waals surface area contributed by atoms with Gasteiger partial charge in [0.05, 0.1) is 0 Å². The third-order valence-corrected chi connectivity index (χ3v) is 2.97. The monoisotopic (exact) mass is 288 g/mol. The molecule has 1 atom stereocenters. The van der Waals surface area contributed by atoms with Gasteiger partial charge in [-0.25, -0.2) is 4.39 Å². The molecule has 3 N–H and O–H groups in total. The van der Waals surface area contributed by atoms with Crippen LogP contribution in [0.2, 0.25) is 0 Å².